The highest BCUT2D eigenvalue weighted by Gasteiger charge is 2.33. The van der Waals surface area contributed by atoms with Crippen LogP contribution in [0.1, 0.15) is 31.5 Å². The van der Waals surface area contributed by atoms with Gasteiger partial charge in [-0.1, -0.05) is 6.42 Å². The first-order chi connectivity index (χ1) is 10.9. The van der Waals surface area contributed by atoms with E-state index in [1.807, 2.05) is 0 Å². The standard InChI is InChI=1S/C14H22N4O4S/c1-16(11-6-8-23(21,22)10-11)13(19)9-18-14(20)17-7-4-2-3-5-12(17)15-18/h11H,2-10H2,1H3. The highest BCUT2D eigenvalue weighted by Crippen LogP contribution is 2.17. The van der Waals surface area contributed by atoms with Gasteiger partial charge in [0.25, 0.3) is 0 Å². The van der Waals surface area contributed by atoms with Crippen LogP contribution in [0.3, 0.4) is 0 Å². The van der Waals surface area contributed by atoms with Crippen molar-refractivity contribution in [2.24, 2.45) is 0 Å². The molecule has 8 nitrogen and oxygen atoms in total. The normalized spacial score (nSPS) is 23.3. The molecule has 1 atom stereocenters. The quantitative estimate of drug-likeness (QED) is 0.732. The average Bonchev–Trinajstić information content (AvgIpc) is 2.89. The molecule has 0 bridgehead atoms. The first-order valence-corrected chi connectivity index (χ1v) is 9.82. The maximum atomic E-state index is 12.4. The number of nitrogens with zero attached hydrogens (tertiary/aromatic N) is 4. The van der Waals surface area contributed by atoms with Crippen LogP contribution in [-0.2, 0) is 34.1 Å². The molecule has 9 heteroatoms. The van der Waals surface area contributed by atoms with Crippen molar-refractivity contribution in [2.75, 3.05) is 18.6 Å². The van der Waals surface area contributed by atoms with E-state index in [-0.39, 0.29) is 35.7 Å². The lowest BCUT2D eigenvalue weighted by Crippen LogP contribution is -2.41. The van der Waals surface area contributed by atoms with Crippen LogP contribution >= 0.6 is 0 Å². The predicted octanol–water partition coefficient (Wildman–Crippen LogP) is -0.583. The summed E-state index contributed by atoms with van der Waals surface area (Å²) < 4.78 is 25.9. The monoisotopic (exact) mass is 342 g/mol. The Kier molecular flexibility index (Phi) is 4.31. The van der Waals surface area contributed by atoms with Gasteiger partial charge in [0.1, 0.15) is 12.4 Å². The van der Waals surface area contributed by atoms with E-state index in [4.69, 9.17) is 0 Å². The first-order valence-electron chi connectivity index (χ1n) is 8.00. The third kappa shape index (κ3) is 3.34. The van der Waals surface area contributed by atoms with Gasteiger partial charge < -0.3 is 4.90 Å². The Hall–Kier alpha value is -1.64. The molecule has 0 aliphatic carbocycles. The molecule has 2 aliphatic heterocycles. The molecule has 1 fully saturated rings. The number of hydrogen-bond acceptors (Lipinski definition) is 5. The fraction of sp³-hybridized carbons (Fsp3) is 0.786. The van der Waals surface area contributed by atoms with Crippen molar-refractivity contribution in [1.29, 1.82) is 0 Å². The van der Waals surface area contributed by atoms with Crippen molar-refractivity contribution in [3.63, 3.8) is 0 Å². The molecule has 2 aliphatic rings. The molecule has 0 N–H and O–H groups in total. The van der Waals surface area contributed by atoms with E-state index in [1.165, 1.54) is 9.58 Å². The molecule has 1 aromatic rings. The molecular weight excluding hydrogens is 320 g/mol. The number of likely N-dealkylation sites (N-methyl/N-ethyl adjacent to an activating group) is 1. The van der Waals surface area contributed by atoms with Gasteiger partial charge in [0, 0.05) is 26.1 Å². The maximum absolute atomic E-state index is 12.4. The third-order valence-corrected chi connectivity index (χ3v) is 6.47. The van der Waals surface area contributed by atoms with Crippen molar-refractivity contribution in [2.45, 2.75) is 51.2 Å². The number of aromatic nitrogens is 3. The number of hydrogen-bond donors (Lipinski definition) is 0. The summed E-state index contributed by atoms with van der Waals surface area (Å²) in [5.74, 6) is 0.589. The van der Waals surface area contributed by atoms with Gasteiger partial charge in [-0.2, -0.15) is 5.10 Å². The van der Waals surface area contributed by atoms with E-state index in [0.717, 1.165) is 31.5 Å². The fourth-order valence-electron chi connectivity index (χ4n) is 3.25. The van der Waals surface area contributed by atoms with Crippen molar-refractivity contribution in [1.82, 2.24) is 19.2 Å². The minimum Gasteiger partial charge on any atom is -0.340 e. The van der Waals surface area contributed by atoms with Crippen LogP contribution in [-0.4, -0.2) is 58.2 Å². The fourth-order valence-corrected chi connectivity index (χ4v) is 5.03. The molecule has 1 aromatic heterocycles. The topological polar surface area (TPSA) is 94.3 Å². The van der Waals surface area contributed by atoms with Crippen molar-refractivity contribution in [3.05, 3.63) is 16.3 Å². The Bertz CT molecular complexity index is 764. The van der Waals surface area contributed by atoms with Crippen molar-refractivity contribution < 1.29 is 13.2 Å². The molecule has 0 radical (unpaired) electrons. The van der Waals surface area contributed by atoms with Gasteiger partial charge in [0.05, 0.1) is 11.5 Å². The number of amides is 1. The summed E-state index contributed by atoms with van der Waals surface area (Å²) >= 11 is 0. The number of carbonyl (C=O) groups is 1. The molecule has 128 valence electrons. The molecule has 0 spiro atoms. The minimum absolute atomic E-state index is 0.00380. The molecule has 1 saturated heterocycles. The summed E-state index contributed by atoms with van der Waals surface area (Å²) in [5, 5.41) is 4.29. The maximum Gasteiger partial charge on any atom is 0.346 e. The lowest BCUT2D eigenvalue weighted by Gasteiger charge is -2.23. The zero-order valence-electron chi connectivity index (χ0n) is 13.3. The van der Waals surface area contributed by atoms with Crippen LogP contribution in [0.25, 0.3) is 0 Å². The summed E-state index contributed by atoms with van der Waals surface area (Å²) in [7, 11) is -1.45. The second kappa shape index (κ2) is 6.10. The SMILES string of the molecule is CN(C(=O)Cn1nc2n(c1=O)CCCCC2)C1CCS(=O)(=O)C1. The number of rotatable bonds is 3. The van der Waals surface area contributed by atoms with Crippen molar-refractivity contribution >= 4 is 15.7 Å². The molecule has 1 amide bonds. The Morgan fingerprint density at radius 2 is 2.13 bits per heavy atom. The summed E-state index contributed by atoms with van der Waals surface area (Å²) in [4.78, 5) is 26.2. The Morgan fingerprint density at radius 3 is 2.83 bits per heavy atom. The zero-order valence-corrected chi connectivity index (χ0v) is 14.1. The Morgan fingerprint density at radius 1 is 1.35 bits per heavy atom. The van der Waals surface area contributed by atoms with Crippen LogP contribution in [0.2, 0.25) is 0 Å². The van der Waals surface area contributed by atoms with E-state index < -0.39 is 9.84 Å². The predicted molar refractivity (Wildman–Crippen MR) is 83.9 cm³/mol. The minimum atomic E-state index is -3.04. The summed E-state index contributed by atoms with van der Waals surface area (Å²) in [5.41, 5.74) is -0.248. The van der Waals surface area contributed by atoms with E-state index >= 15 is 0 Å². The zero-order chi connectivity index (χ0) is 16.6. The number of fused-ring (bicyclic) bond motifs is 1. The number of sulfone groups is 1. The Labute approximate surface area is 135 Å². The lowest BCUT2D eigenvalue weighted by molar-refractivity contribution is -0.132. The van der Waals surface area contributed by atoms with Crippen LogP contribution in [0, 0.1) is 0 Å². The third-order valence-electron chi connectivity index (χ3n) is 4.72. The molecule has 0 saturated carbocycles. The second-order valence-electron chi connectivity index (χ2n) is 6.38. The molecule has 0 aromatic carbocycles. The van der Waals surface area contributed by atoms with Gasteiger partial charge in [-0.25, -0.2) is 17.9 Å². The molecule has 3 rings (SSSR count). The Balaban J connectivity index is 1.72. The molecule has 23 heavy (non-hydrogen) atoms. The number of carbonyl (C=O) groups excluding carboxylic acids is 1. The van der Waals surface area contributed by atoms with Crippen LogP contribution < -0.4 is 5.69 Å². The van der Waals surface area contributed by atoms with E-state index in [2.05, 4.69) is 5.10 Å². The van der Waals surface area contributed by atoms with Gasteiger partial charge in [0.15, 0.2) is 9.84 Å². The molecular formula is C14H22N4O4S. The number of aryl methyl sites for hydroxylation is 1. The first kappa shape index (κ1) is 16.2. The summed E-state index contributed by atoms with van der Waals surface area (Å²) in [6.45, 7) is 0.519. The van der Waals surface area contributed by atoms with Gasteiger partial charge in [-0.05, 0) is 19.3 Å². The highest BCUT2D eigenvalue weighted by atomic mass is 32.2. The highest BCUT2D eigenvalue weighted by molar-refractivity contribution is 7.91. The van der Waals surface area contributed by atoms with Crippen LogP contribution in [0.5, 0.6) is 0 Å². The van der Waals surface area contributed by atoms with E-state index in [0.29, 0.717) is 13.0 Å². The molecule has 1 unspecified atom stereocenters. The van der Waals surface area contributed by atoms with E-state index in [9.17, 15) is 18.0 Å². The lowest BCUT2D eigenvalue weighted by atomic mass is 10.2. The van der Waals surface area contributed by atoms with E-state index in [1.54, 1.807) is 11.6 Å². The van der Waals surface area contributed by atoms with Gasteiger partial charge >= 0.3 is 5.69 Å². The average molecular weight is 342 g/mol. The molecule has 3 heterocycles. The summed E-state index contributed by atoms with van der Waals surface area (Å²) in [6, 6.07) is -0.302. The van der Waals surface area contributed by atoms with Gasteiger partial charge in [-0.3, -0.25) is 9.36 Å². The second-order valence-corrected chi connectivity index (χ2v) is 8.61. The largest absolute Gasteiger partial charge is 0.346 e. The van der Waals surface area contributed by atoms with Crippen molar-refractivity contribution in [3.8, 4) is 0 Å². The van der Waals surface area contributed by atoms with Crippen LogP contribution in [0.15, 0.2) is 4.79 Å². The smallest absolute Gasteiger partial charge is 0.340 e. The van der Waals surface area contributed by atoms with Crippen LogP contribution in [0.4, 0.5) is 0 Å². The van der Waals surface area contributed by atoms with Gasteiger partial charge in [0.2, 0.25) is 5.91 Å². The van der Waals surface area contributed by atoms with Gasteiger partial charge in [-0.15, -0.1) is 0 Å². The summed E-state index contributed by atoms with van der Waals surface area (Å²) in [6.07, 6.45) is 4.25.